The fraction of sp³-hybridized carbons (Fsp3) is 0.176. The Morgan fingerprint density at radius 2 is 1.66 bits per heavy atom. The smallest absolute Gasteiger partial charge is 0.273 e. The van der Waals surface area contributed by atoms with Crippen molar-refractivity contribution in [1.29, 1.82) is 0 Å². The largest absolute Gasteiger partial charge is 0.507 e. The van der Waals surface area contributed by atoms with Crippen molar-refractivity contribution in [2.24, 2.45) is 0 Å². The maximum atomic E-state index is 13.9. The lowest BCUT2D eigenvalue weighted by Crippen LogP contribution is -2.31. The summed E-state index contributed by atoms with van der Waals surface area (Å²) in [6.07, 6.45) is 0.661. The molecule has 0 saturated heterocycles. The Kier molecular flexibility index (Phi) is 6.93. The third-order valence-electron chi connectivity index (χ3n) is 7.52. The number of para-hydroxylation sites is 1. The summed E-state index contributed by atoms with van der Waals surface area (Å²) in [6, 6.07) is 28.7. The van der Waals surface area contributed by atoms with Crippen molar-refractivity contribution in [2.45, 2.75) is 26.3 Å². The second kappa shape index (κ2) is 10.8. The van der Waals surface area contributed by atoms with Crippen LogP contribution in [0.2, 0.25) is 0 Å². The first-order valence-electron chi connectivity index (χ1n) is 13.6. The number of benzene rings is 4. The highest BCUT2D eigenvalue weighted by molar-refractivity contribution is 6.00. The van der Waals surface area contributed by atoms with Gasteiger partial charge >= 0.3 is 0 Å². The van der Waals surface area contributed by atoms with Crippen molar-refractivity contribution in [3.63, 3.8) is 0 Å². The molecule has 0 fully saturated rings. The summed E-state index contributed by atoms with van der Waals surface area (Å²) >= 11 is 0. The van der Waals surface area contributed by atoms with Crippen LogP contribution in [0.5, 0.6) is 23.0 Å². The maximum Gasteiger partial charge on any atom is 0.273 e. The Balaban J connectivity index is 1.42. The summed E-state index contributed by atoms with van der Waals surface area (Å²) in [5.74, 6) is 2.22. The Hall–Kier alpha value is -5.04. The van der Waals surface area contributed by atoms with Gasteiger partial charge in [-0.2, -0.15) is 5.10 Å². The lowest BCUT2D eigenvalue weighted by molar-refractivity contribution is 0.0745. The van der Waals surface area contributed by atoms with Gasteiger partial charge in [-0.3, -0.25) is 9.89 Å². The SMILES string of the molecule is COc1ccc(CCN2C(=O)c3[nH]nc(-c4cc(C)cc(C)c4O)c3C2c2cccc(Oc3ccccc3)c2)cc1. The molecule has 2 heterocycles. The molecule has 0 radical (unpaired) electrons. The number of hydrogen-bond donors (Lipinski definition) is 2. The minimum atomic E-state index is -0.427. The molecule has 1 amide bonds. The predicted octanol–water partition coefficient (Wildman–Crippen LogP) is 6.99. The number of nitrogens with zero attached hydrogens (tertiary/aromatic N) is 2. The molecule has 4 aromatic carbocycles. The average molecular weight is 546 g/mol. The molecule has 0 saturated carbocycles. The van der Waals surface area contributed by atoms with E-state index in [1.54, 1.807) is 7.11 Å². The van der Waals surface area contributed by atoms with Crippen LogP contribution in [-0.2, 0) is 6.42 Å². The van der Waals surface area contributed by atoms with Crippen LogP contribution in [0.3, 0.4) is 0 Å². The molecule has 1 unspecified atom stereocenters. The fourth-order valence-corrected chi connectivity index (χ4v) is 5.53. The number of fused-ring (bicyclic) bond motifs is 1. The van der Waals surface area contributed by atoms with Crippen molar-refractivity contribution in [3.8, 4) is 34.3 Å². The predicted molar refractivity (Wildman–Crippen MR) is 158 cm³/mol. The molecule has 1 atom stereocenters. The van der Waals surface area contributed by atoms with Crippen LogP contribution in [0.4, 0.5) is 0 Å². The van der Waals surface area contributed by atoms with Gasteiger partial charge in [0.15, 0.2) is 0 Å². The molecule has 1 aromatic heterocycles. The number of hydrogen-bond acceptors (Lipinski definition) is 5. The summed E-state index contributed by atoms with van der Waals surface area (Å²) in [5.41, 5.74) is 6.12. The lowest BCUT2D eigenvalue weighted by Gasteiger charge is -2.27. The standard InChI is InChI=1S/C34H31N3O4/c1-21-18-22(2)33(38)28(19-21)30-29-31(36-35-30)34(39)37(17-16-23-12-14-25(40-3)15-13-23)32(29)24-8-7-11-27(20-24)41-26-9-5-4-6-10-26/h4-15,18-20,32,38H,16-17H2,1-3H3,(H,35,36). The molecule has 0 bridgehead atoms. The lowest BCUT2D eigenvalue weighted by atomic mass is 9.94. The van der Waals surface area contributed by atoms with Crippen molar-refractivity contribution in [1.82, 2.24) is 15.1 Å². The summed E-state index contributed by atoms with van der Waals surface area (Å²) in [5, 5.41) is 18.6. The molecule has 41 heavy (non-hydrogen) atoms. The van der Waals surface area contributed by atoms with Gasteiger partial charge in [-0.15, -0.1) is 0 Å². The third kappa shape index (κ3) is 5.02. The van der Waals surface area contributed by atoms with Gasteiger partial charge in [0.25, 0.3) is 5.91 Å². The second-order valence-corrected chi connectivity index (χ2v) is 10.3. The highest BCUT2D eigenvalue weighted by atomic mass is 16.5. The normalized spacial score (nSPS) is 14.3. The molecule has 1 aliphatic rings. The van der Waals surface area contributed by atoms with Gasteiger partial charge in [0, 0.05) is 17.7 Å². The van der Waals surface area contributed by atoms with E-state index < -0.39 is 6.04 Å². The van der Waals surface area contributed by atoms with Crippen LogP contribution < -0.4 is 9.47 Å². The minimum absolute atomic E-state index is 0.129. The molecule has 0 spiro atoms. The highest BCUT2D eigenvalue weighted by Gasteiger charge is 2.42. The van der Waals surface area contributed by atoms with Gasteiger partial charge in [0.05, 0.1) is 13.2 Å². The van der Waals surface area contributed by atoms with Crippen LogP contribution in [0.25, 0.3) is 11.3 Å². The Morgan fingerprint density at radius 3 is 2.41 bits per heavy atom. The average Bonchev–Trinajstić information content (AvgIpc) is 3.53. The van der Waals surface area contributed by atoms with Crippen LogP contribution >= 0.6 is 0 Å². The topological polar surface area (TPSA) is 87.7 Å². The number of H-pyrrole nitrogens is 1. The van der Waals surface area contributed by atoms with E-state index in [1.807, 2.05) is 110 Å². The fourth-order valence-electron chi connectivity index (χ4n) is 5.53. The van der Waals surface area contributed by atoms with E-state index in [2.05, 4.69) is 10.2 Å². The summed E-state index contributed by atoms with van der Waals surface area (Å²) in [7, 11) is 1.64. The van der Waals surface area contributed by atoms with Crippen molar-refractivity contribution < 1.29 is 19.4 Å². The van der Waals surface area contributed by atoms with E-state index in [-0.39, 0.29) is 11.7 Å². The number of aryl methyl sites for hydroxylation is 2. The van der Waals surface area contributed by atoms with E-state index in [1.165, 1.54) is 0 Å². The number of aromatic hydroxyl groups is 1. The Bertz CT molecular complexity index is 1710. The molecule has 6 rings (SSSR count). The van der Waals surface area contributed by atoms with Gasteiger partial charge in [0.2, 0.25) is 0 Å². The van der Waals surface area contributed by atoms with E-state index in [9.17, 15) is 9.90 Å². The van der Waals surface area contributed by atoms with E-state index in [0.717, 1.165) is 39.3 Å². The van der Waals surface area contributed by atoms with Gasteiger partial charge in [-0.1, -0.05) is 48.5 Å². The second-order valence-electron chi connectivity index (χ2n) is 10.3. The molecular formula is C34H31N3O4. The Morgan fingerprint density at radius 1 is 0.902 bits per heavy atom. The number of rotatable bonds is 8. The highest BCUT2D eigenvalue weighted by Crippen LogP contribution is 2.46. The quantitative estimate of drug-likeness (QED) is 0.219. The Labute approximate surface area is 239 Å². The number of phenols is 1. The van der Waals surface area contributed by atoms with E-state index >= 15 is 0 Å². The van der Waals surface area contributed by atoms with Crippen molar-refractivity contribution in [3.05, 3.63) is 125 Å². The van der Waals surface area contributed by atoms with Crippen LogP contribution in [0.15, 0.2) is 91.0 Å². The number of methoxy groups -OCH3 is 1. The van der Waals surface area contributed by atoms with Crippen molar-refractivity contribution in [2.75, 3.05) is 13.7 Å². The first-order chi connectivity index (χ1) is 19.9. The minimum Gasteiger partial charge on any atom is -0.507 e. The monoisotopic (exact) mass is 545 g/mol. The zero-order chi connectivity index (χ0) is 28.5. The molecule has 206 valence electrons. The third-order valence-corrected chi connectivity index (χ3v) is 7.52. The number of aromatic amines is 1. The number of carbonyl (C=O) groups excluding carboxylic acids is 1. The van der Waals surface area contributed by atoms with Crippen LogP contribution in [0, 0.1) is 13.8 Å². The van der Waals surface area contributed by atoms with Gasteiger partial charge < -0.3 is 19.5 Å². The summed E-state index contributed by atoms with van der Waals surface area (Å²) in [4.78, 5) is 15.8. The number of phenolic OH excluding ortho intramolecular Hbond substituents is 1. The zero-order valence-corrected chi connectivity index (χ0v) is 23.2. The molecule has 5 aromatic rings. The van der Waals surface area contributed by atoms with Gasteiger partial charge in [-0.25, -0.2) is 0 Å². The van der Waals surface area contributed by atoms with Gasteiger partial charge in [-0.05, 0) is 85.0 Å². The first-order valence-corrected chi connectivity index (χ1v) is 13.6. The molecule has 1 aliphatic heterocycles. The first kappa shape index (κ1) is 26.2. The van der Waals surface area contributed by atoms with Crippen molar-refractivity contribution >= 4 is 5.91 Å². The summed E-state index contributed by atoms with van der Waals surface area (Å²) < 4.78 is 11.4. The molecular weight excluding hydrogens is 514 g/mol. The molecule has 7 heteroatoms. The van der Waals surface area contributed by atoms with E-state index in [4.69, 9.17) is 9.47 Å². The summed E-state index contributed by atoms with van der Waals surface area (Å²) in [6.45, 7) is 4.34. The number of nitrogens with one attached hydrogen (secondary N) is 1. The zero-order valence-electron chi connectivity index (χ0n) is 23.2. The number of amides is 1. The number of aromatic nitrogens is 2. The van der Waals surface area contributed by atoms with Crippen LogP contribution in [0.1, 0.15) is 44.3 Å². The number of ether oxygens (including phenoxy) is 2. The molecule has 7 nitrogen and oxygen atoms in total. The van der Waals surface area contributed by atoms with Gasteiger partial charge in [0.1, 0.15) is 34.4 Å². The molecule has 2 N–H and O–H groups in total. The van der Waals surface area contributed by atoms with E-state index in [0.29, 0.717) is 35.7 Å². The molecule has 0 aliphatic carbocycles. The number of carbonyl (C=O) groups is 1. The maximum absolute atomic E-state index is 13.9. The van der Waals surface area contributed by atoms with Crippen LogP contribution in [-0.4, -0.2) is 39.8 Å².